The number of carbonyl (C=O) groups excluding carboxylic acids is 1. The summed E-state index contributed by atoms with van der Waals surface area (Å²) in [7, 11) is -7.69. The normalized spacial score (nSPS) is 15.6. The summed E-state index contributed by atoms with van der Waals surface area (Å²) in [4.78, 5) is 13.6. The summed E-state index contributed by atoms with van der Waals surface area (Å²) in [5, 5.41) is 0. The van der Waals surface area contributed by atoms with Crippen molar-refractivity contribution in [2.75, 3.05) is 19.6 Å². The van der Waals surface area contributed by atoms with Crippen LogP contribution in [-0.2, 0) is 20.0 Å². The number of hydrogen-bond donors (Lipinski definition) is 0. The first-order valence-corrected chi connectivity index (χ1v) is 13.9. The molecule has 1 aliphatic heterocycles. The third-order valence-corrected chi connectivity index (χ3v) is 9.63. The molecule has 1 fully saturated rings. The van der Waals surface area contributed by atoms with Gasteiger partial charge in [0.25, 0.3) is 15.9 Å². The first-order chi connectivity index (χ1) is 16.3. The molecule has 7 nitrogen and oxygen atoms in total. The third-order valence-electron chi connectivity index (χ3n) is 5.96. The highest BCUT2D eigenvalue weighted by atomic mass is 32.2. The molecule has 9 heteroatoms. The van der Waals surface area contributed by atoms with Gasteiger partial charge in [-0.3, -0.25) is 4.79 Å². The van der Waals surface area contributed by atoms with E-state index >= 15 is 0 Å². The molecule has 0 aromatic heterocycles. The fourth-order valence-electron chi connectivity index (χ4n) is 4.04. The molecule has 0 spiro atoms. The Labute approximate surface area is 200 Å². The predicted octanol–water partition coefficient (Wildman–Crippen LogP) is 3.62. The van der Waals surface area contributed by atoms with Crippen molar-refractivity contribution < 1.29 is 21.6 Å². The van der Waals surface area contributed by atoms with Crippen LogP contribution in [0.3, 0.4) is 0 Å². The van der Waals surface area contributed by atoms with E-state index in [1.807, 2.05) is 0 Å². The van der Waals surface area contributed by atoms with E-state index in [0.717, 1.165) is 4.31 Å². The Hall–Kier alpha value is -3.01. The zero-order chi connectivity index (χ0) is 24.2. The van der Waals surface area contributed by atoms with Crippen molar-refractivity contribution in [3.8, 4) is 0 Å². The molecule has 1 saturated heterocycles. The number of sulfonamides is 2. The quantitative estimate of drug-likeness (QED) is 0.496. The van der Waals surface area contributed by atoms with Crippen LogP contribution in [-0.4, -0.2) is 51.0 Å². The maximum Gasteiger partial charge on any atom is 0.267 e. The van der Waals surface area contributed by atoms with Gasteiger partial charge in [-0.1, -0.05) is 54.6 Å². The maximum atomic E-state index is 13.4. The van der Waals surface area contributed by atoms with E-state index in [2.05, 4.69) is 0 Å². The molecule has 0 unspecified atom stereocenters. The second kappa shape index (κ2) is 10.1. The minimum atomic E-state index is -4.08. The van der Waals surface area contributed by atoms with Crippen LogP contribution in [0.15, 0.2) is 101 Å². The molecule has 1 aliphatic rings. The van der Waals surface area contributed by atoms with E-state index in [-0.39, 0.29) is 40.9 Å². The maximum absolute atomic E-state index is 13.4. The van der Waals surface area contributed by atoms with Gasteiger partial charge in [-0.2, -0.15) is 4.31 Å². The summed E-state index contributed by atoms with van der Waals surface area (Å²) in [5.74, 6) is -0.753. The van der Waals surface area contributed by atoms with Gasteiger partial charge >= 0.3 is 0 Å². The van der Waals surface area contributed by atoms with Crippen molar-refractivity contribution in [3.05, 3.63) is 96.6 Å². The topological polar surface area (TPSA) is 91.8 Å². The van der Waals surface area contributed by atoms with Crippen molar-refractivity contribution >= 4 is 26.0 Å². The SMILES string of the molecule is O=C(c1ccccc1)N(CC1CCN(S(=O)(=O)c2ccccc2)CC1)S(=O)(=O)c1ccccc1. The Morgan fingerprint density at radius 1 is 0.735 bits per heavy atom. The lowest BCUT2D eigenvalue weighted by atomic mass is 9.98. The second-order valence-electron chi connectivity index (χ2n) is 8.18. The summed E-state index contributed by atoms with van der Waals surface area (Å²) in [6.07, 6.45) is 0.907. The van der Waals surface area contributed by atoms with E-state index in [0.29, 0.717) is 12.8 Å². The largest absolute Gasteiger partial charge is 0.268 e. The van der Waals surface area contributed by atoms with Gasteiger partial charge in [-0.15, -0.1) is 0 Å². The lowest BCUT2D eigenvalue weighted by Gasteiger charge is -2.34. The van der Waals surface area contributed by atoms with Gasteiger partial charge in [0, 0.05) is 25.2 Å². The molecule has 178 valence electrons. The fourth-order valence-corrected chi connectivity index (χ4v) is 7.02. The molecular weight excluding hydrogens is 472 g/mol. The molecular formula is C25H26N2O5S2. The number of nitrogens with zero attached hydrogens (tertiary/aromatic N) is 2. The number of amides is 1. The van der Waals surface area contributed by atoms with E-state index in [4.69, 9.17) is 0 Å². The monoisotopic (exact) mass is 498 g/mol. The molecule has 0 bridgehead atoms. The lowest BCUT2D eigenvalue weighted by Crippen LogP contribution is -2.44. The Morgan fingerprint density at radius 3 is 1.74 bits per heavy atom. The van der Waals surface area contributed by atoms with Crippen LogP contribution in [0.25, 0.3) is 0 Å². The molecule has 0 aliphatic carbocycles. The van der Waals surface area contributed by atoms with Gasteiger partial charge in [0.15, 0.2) is 0 Å². The van der Waals surface area contributed by atoms with E-state index in [9.17, 15) is 21.6 Å². The zero-order valence-corrected chi connectivity index (χ0v) is 20.2. The van der Waals surface area contributed by atoms with Crippen LogP contribution in [0.1, 0.15) is 23.2 Å². The molecule has 1 heterocycles. The molecule has 0 atom stereocenters. The van der Waals surface area contributed by atoms with E-state index in [1.54, 1.807) is 78.9 Å². The summed E-state index contributed by atoms with van der Waals surface area (Å²) >= 11 is 0. The van der Waals surface area contributed by atoms with Gasteiger partial charge in [0.1, 0.15) is 0 Å². The van der Waals surface area contributed by atoms with Gasteiger partial charge in [0.05, 0.1) is 9.79 Å². The molecule has 0 radical (unpaired) electrons. The van der Waals surface area contributed by atoms with Crippen molar-refractivity contribution in [3.63, 3.8) is 0 Å². The van der Waals surface area contributed by atoms with Gasteiger partial charge in [-0.25, -0.2) is 21.1 Å². The Kier molecular flexibility index (Phi) is 7.16. The molecule has 34 heavy (non-hydrogen) atoms. The molecule has 3 aromatic rings. The van der Waals surface area contributed by atoms with Crippen LogP contribution in [0.5, 0.6) is 0 Å². The van der Waals surface area contributed by atoms with Crippen LogP contribution in [0, 0.1) is 5.92 Å². The Bertz CT molecular complexity index is 1320. The molecule has 4 rings (SSSR count). The number of carbonyl (C=O) groups is 1. The Balaban J connectivity index is 1.54. The summed E-state index contributed by atoms with van der Waals surface area (Å²) in [5.41, 5.74) is 0.283. The highest BCUT2D eigenvalue weighted by molar-refractivity contribution is 7.89. The molecule has 3 aromatic carbocycles. The van der Waals surface area contributed by atoms with Crippen molar-refractivity contribution in [1.82, 2.24) is 8.61 Å². The number of piperidine rings is 1. The van der Waals surface area contributed by atoms with E-state index in [1.165, 1.54) is 16.4 Å². The first kappa shape index (κ1) is 24.1. The van der Waals surface area contributed by atoms with Crippen LogP contribution in [0.2, 0.25) is 0 Å². The third kappa shape index (κ3) is 5.06. The van der Waals surface area contributed by atoms with Gasteiger partial charge in [-0.05, 0) is 55.2 Å². The standard InChI is InChI=1S/C25H26N2O5S2/c28-25(22-10-4-1-5-11-22)27(34(31,32)24-14-8-3-9-15-24)20-21-16-18-26(19-17-21)33(29,30)23-12-6-2-7-13-23/h1-15,21H,16-20H2. The summed E-state index contributed by atoms with van der Waals surface area (Å²) in [6.45, 7) is 0.519. The van der Waals surface area contributed by atoms with Crippen molar-refractivity contribution in [2.45, 2.75) is 22.6 Å². The van der Waals surface area contributed by atoms with Crippen LogP contribution in [0.4, 0.5) is 0 Å². The summed E-state index contributed by atoms with van der Waals surface area (Å²) < 4.78 is 55.1. The average Bonchev–Trinajstić information content (AvgIpc) is 2.88. The zero-order valence-electron chi connectivity index (χ0n) is 18.5. The van der Waals surface area contributed by atoms with Gasteiger partial charge < -0.3 is 0 Å². The predicted molar refractivity (Wildman–Crippen MR) is 129 cm³/mol. The van der Waals surface area contributed by atoms with Crippen LogP contribution < -0.4 is 0 Å². The highest BCUT2D eigenvalue weighted by Crippen LogP contribution is 2.27. The number of benzene rings is 3. The van der Waals surface area contributed by atoms with Crippen molar-refractivity contribution in [1.29, 1.82) is 0 Å². The number of hydrogen-bond acceptors (Lipinski definition) is 5. The first-order valence-electron chi connectivity index (χ1n) is 11.0. The molecule has 0 saturated carbocycles. The molecule has 1 amide bonds. The van der Waals surface area contributed by atoms with E-state index < -0.39 is 26.0 Å². The highest BCUT2D eigenvalue weighted by Gasteiger charge is 2.35. The summed E-state index contributed by atoms with van der Waals surface area (Å²) in [6, 6.07) is 24.4. The lowest BCUT2D eigenvalue weighted by molar-refractivity contribution is 0.0834. The smallest absolute Gasteiger partial charge is 0.267 e. The van der Waals surface area contributed by atoms with Crippen molar-refractivity contribution in [2.24, 2.45) is 5.92 Å². The minimum absolute atomic E-state index is 0.00974. The fraction of sp³-hybridized carbons (Fsp3) is 0.240. The molecule has 0 N–H and O–H groups in total. The van der Waals surface area contributed by atoms with Crippen LogP contribution >= 0.6 is 0 Å². The minimum Gasteiger partial charge on any atom is -0.268 e. The Morgan fingerprint density at radius 2 is 1.21 bits per heavy atom. The average molecular weight is 499 g/mol. The number of rotatable bonds is 7. The second-order valence-corrected chi connectivity index (χ2v) is 12.0. The van der Waals surface area contributed by atoms with Gasteiger partial charge in [0.2, 0.25) is 10.0 Å².